The lowest BCUT2D eigenvalue weighted by Gasteiger charge is -2.09. The largest absolute Gasteiger partial charge is 0.330 e. The van der Waals surface area contributed by atoms with Gasteiger partial charge in [-0.3, -0.25) is 0 Å². The van der Waals surface area contributed by atoms with Crippen LogP contribution in [0.3, 0.4) is 0 Å². The predicted octanol–water partition coefficient (Wildman–Crippen LogP) is 3.25. The summed E-state index contributed by atoms with van der Waals surface area (Å²) in [4.78, 5) is 5.76. The number of nitrogens with zero attached hydrogens (tertiary/aromatic N) is 1. The second kappa shape index (κ2) is 4.14. The van der Waals surface area contributed by atoms with Crippen molar-refractivity contribution in [3.05, 3.63) is 40.7 Å². The molecule has 0 bridgehead atoms. The van der Waals surface area contributed by atoms with Gasteiger partial charge < -0.3 is 5.73 Å². The number of thiazole rings is 1. The Morgan fingerprint density at radius 3 is 2.72 bits per heavy atom. The highest BCUT2D eigenvalue weighted by molar-refractivity contribution is 7.15. The second-order valence-electron chi connectivity index (χ2n) is 4.90. The van der Waals surface area contributed by atoms with E-state index in [1.807, 2.05) is 13.0 Å². The van der Waals surface area contributed by atoms with Gasteiger partial charge in [-0.25, -0.2) is 9.37 Å². The minimum Gasteiger partial charge on any atom is -0.330 e. The molecule has 1 saturated carbocycles. The maximum absolute atomic E-state index is 13.8. The zero-order valence-electron chi connectivity index (χ0n) is 10.2. The van der Waals surface area contributed by atoms with E-state index in [9.17, 15) is 4.39 Å². The number of halogens is 1. The molecule has 1 aliphatic carbocycles. The number of benzene rings is 1. The number of hydrogen-bond donors (Lipinski definition) is 1. The van der Waals surface area contributed by atoms with Gasteiger partial charge in [0.2, 0.25) is 0 Å². The molecule has 3 rings (SSSR count). The number of hydrogen-bond acceptors (Lipinski definition) is 3. The van der Waals surface area contributed by atoms with Gasteiger partial charge in [-0.1, -0.05) is 12.1 Å². The number of aryl methyl sites for hydroxylation is 1. The first-order valence-electron chi connectivity index (χ1n) is 6.09. The minimum atomic E-state index is -0.213. The van der Waals surface area contributed by atoms with Crippen LogP contribution in [0.1, 0.15) is 23.4 Å². The summed E-state index contributed by atoms with van der Waals surface area (Å²) in [7, 11) is 0. The van der Waals surface area contributed by atoms with Crippen molar-refractivity contribution < 1.29 is 4.39 Å². The first kappa shape index (κ1) is 11.8. The molecule has 2 N–H and O–H groups in total. The van der Waals surface area contributed by atoms with Crippen LogP contribution in [0.4, 0.5) is 4.39 Å². The Balaban J connectivity index is 2.06. The molecule has 0 atom stereocenters. The fraction of sp³-hybridized carbons (Fsp3) is 0.357. The Labute approximate surface area is 110 Å². The molecule has 1 aliphatic rings. The number of rotatable bonds is 3. The molecule has 94 valence electrons. The topological polar surface area (TPSA) is 38.9 Å². The third-order valence-corrected chi connectivity index (χ3v) is 5.06. The summed E-state index contributed by atoms with van der Waals surface area (Å²) in [5.74, 6) is -0.213. The first-order valence-corrected chi connectivity index (χ1v) is 6.91. The summed E-state index contributed by atoms with van der Waals surface area (Å²) in [6.45, 7) is 2.65. The number of nitrogens with two attached hydrogens (primary N) is 1. The summed E-state index contributed by atoms with van der Waals surface area (Å²) in [5.41, 5.74) is 7.57. The van der Waals surface area contributed by atoms with Crippen molar-refractivity contribution in [2.75, 3.05) is 6.54 Å². The third-order valence-electron chi connectivity index (χ3n) is 3.63. The quantitative estimate of drug-likeness (QED) is 0.922. The van der Waals surface area contributed by atoms with Gasteiger partial charge in [-0.15, -0.1) is 11.3 Å². The first-order chi connectivity index (χ1) is 8.66. The monoisotopic (exact) mass is 262 g/mol. The maximum atomic E-state index is 13.8. The zero-order chi connectivity index (χ0) is 12.8. The van der Waals surface area contributed by atoms with E-state index in [1.54, 1.807) is 23.5 Å². The summed E-state index contributed by atoms with van der Waals surface area (Å²) in [5, 5.41) is 0.764. The van der Waals surface area contributed by atoms with Crippen molar-refractivity contribution in [3.63, 3.8) is 0 Å². The Morgan fingerprint density at radius 2 is 2.11 bits per heavy atom. The van der Waals surface area contributed by atoms with Gasteiger partial charge in [0.25, 0.3) is 0 Å². The summed E-state index contributed by atoms with van der Waals surface area (Å²) < 4.78 is 13.8. The molecular formula is C14H15FN2S. The fourth-order valence-electron chi connectivity index (χ4n) is 2.31. The number of aromatic nitrogens is 1. The van der Waals surface area contributed by atoms with E-state index in [-0.39, 0.29) is 11.2 Å². The summed E-state index contributed by atoms with van der Waals surface area (Å²) >= 11 is 1.59. The normalized spacial score (nSPS) is 16.8. The molecule has 18 heavy (non-hydrogen) atoms. The standard InChI is InChI=1S/C14H15FN2S/c1-9-12(14(8-16)6-7-14)18-13(17-9)10-4-2-3-5-11(10)15/h2-5H,6-8,16H2,1H3. The second-order valence-corrected chi connectivity index (χ2v) is 5.90. The molecule has 4 heteroatoms. The lowest BCUT2D eigenvalue weighted by Crippen LogP contribution is -2.19. The smallest absolute Gasteiger partial charge is 0.133 e. The zero-order valence-corrected chi connectivity index (χ0v) is 11.1. The molecule has 1 heterocycles. The molecule has 2 aromatic rings. The van der Waals surface area contributed by atoms with Crippen LogP contribution < -0.4 is 5.73 Å². The average Bonchev–Trinajstić information content (AvgIpc) is 3.07. The van der Waals surface area contributed by atoms with Crippen LogP contribution in [0.25, 0.3) is 10.6 Å². The van der Waals surface area contributed by atoms with E-state index in [0.29, 0.717) is 12.1 Å². The van der Waals surface area contributed by atoms with E-state index in [2.05, 4.69) is 4.98 Å². The molecule has 1 aromatic carbocycles. The highest BCUT2D eigenvalue weighted by atomic mass is 32.1. The van der Waals surface area contributed by atoms with Crippen LogP contribution >= 0.6 is 11.3 Å². The fourth-order valence-corrected chi connectivity index (χ4v) is 3.66. The Hall–Kier alpha value is -1.26. The van der Waals surface area contributed by atoms with Crippen molar-refractivity contribution in [1.82, 2.24) is 4.98 Å². The van der Waals surface area contributed by atoms with Crippen LogP contribution in [0, 0.1) is 12.7 Å². The Morgan fingerprint density at radius 1 is 1.39 bits per heavy atom. The van der Waals surface area contributed by atoms with Gasteiger partial charge in [-0.2, -0.15) is 0 Å². The van der Waals surface area contributed by atoms with Crippen LogP contribution in [0.15, 0.2) is 24.3 Å². The van der Waals surface area contributed by atoms with Crippen molar-refractivity contribution in [1.29, 1.82) is 0 Å². The molecule has 1 fully saturated rings. The molecule has 1 aromatic heterocycles. The van der Waals surface area contributed by atoms with E-state index in [1.165, 1.54) is 10.9 Å². The molecule has 0 aliphatic heterocycles. The SMILES string of the molecule is Cc1nc(-c2ccccc2F)sc1C1(CN)CC1. The van der Waals surface area contributed by atoms with E-state index in [0.717, 1.165) is 23.5 Å². The van der Waals surface area contributed by atoms with Crippen molar-refractivity contribution in [2.24, 2.45) is 5.73 Å². The van der Waals surface area contributed by atoms with Gasteiger partial charge in [0, 0.05) is 22.4 Å². The summed E-state index contributed by atoms with van der Waals surface area (Å²) in [6.07, 6.45) is 2.26. The van der Waals surface area contributed by atoms with Crippen LogP contribution in [-0.2, 0) is 5.41 Å². The Kier molecular flexibility index (Phi) is 2.72. The molecule has 0 radical (unpaired) electrons. The van der Waals surface area contributed by atoms with Gasteiger partial charge in [0.1, 0.15) is 10.8 Å². The Bertz CT molecular complexity index is 587. The van der Waals surface area contributed by atoms with Gasteiger partial charge >= 0.3 is 0 Å². The average molecular weight is 262 g/mol. The van der Waals surface area contributed by atoms with E-state index < -0.39 is 0 Å². The third kappa shape index (κ3) is 1.76. The molecule has 2 nitrogen and oxygen atoms in total. The van der Waals surface area contributed by atoms with E-state index in [4.69, 9.17) is 5.73 Å². The van der Waals surface area contributed by atoms with Crippen LogP contribution in [-0.4, -0.2) is 11.5 Å². The maximum Gasteiger partial charge on any atom is 0.133 e. The van der Waals surface area contributed by atoms with Crippen LogP contribution in [0.2, 0.25) is 0 Å². The molecule has 0 amide bonds. The molecule has 0 saturated heterocycles. The van der Waals surface area contributed by atoms with E-state index >= 15 is 0 Å². The van der Waals surface area contributed by atoms with Crippen LogP contribution in [0.5, 0.6) is 0 Å². The van der Waals surface area contributed by atoms with Gasteiger partial charge in [0.05, 0.1) is 5.69 Å². The van der Waals surface area contributed by atoms with Crippen molar-refractivity contribution in [2.45, 2.75) is 25.2 Å². The lowest BCUT2D eigenvalue weighted by molar-refractivity contribution is 0.631. The van der Waals surface area contributed by atoms with Crippen molar-refractivity contribution >= 4 is 11.3 Å². The highest BCUT2D eigenvalue weighted by Gasteiger charge is 2.45. The highest BCUT2D eigenvalue weighted by Crippen LogP contribution is 2.51. The molecular weight excluding hydrogens is 247 g/mol. The van der Waals surface area contributed by atoms with Gasteiger partial charge in [0.15, 0.2) is 0 Å². The molecule has 0 unspecified atom stereocenters. The molecule has 0 spiro atoms. The summed E-state index contributed by atoms with van der Waals surface area (Å²) in [6, 6.07) is 6.79. The minimum absolute atomic E-state index is 0.130. The van der Waals surface area contributed by atoms with Gasteiger partial charge in [-0.05, 0) is 31.9 Å². The van der Waals surface area contributed by atoms with Crippen molar-refractivity contribution in [3.8, 4) is 10.6 Å². The predicted molar refractivity (Wildman–Crippen MR) is 72.2 cm³/mol. The lowest BCUT2D eigenvalue weighted by atomic mass is 10.0.